The van der Waals surface area contributed by atoms with Gasteiger partial charge < -0.3 is 10.3 Å². The number of rotatable bonds is 1. The third-order valence-electron chi connectivity index (χ3n) is 2.04. The molecule has 1 unspecified atom stereocenters. The second-order valence-electron chi connectivity index (χ2n) is 2.99. The van der Waals surface area contributed by atoms with Crippen molar-refractivity contribution in [2.75, 3.05) is 5.73 Å². The third-order valence-corrected chi connectivity index (χ3v) is 2.04. The number of aromatic nitrogens is 1. The largest absolute Gasteiger partial charge is 0.394 e. The molecule has 2 rings (SSSR count). The van der Waals surface area contributed by atoms with E-state index in [2.05, 4.69) is 0 Å². The van der Waals surface area contributed by atoms with Crippen LogP contribution in [0.15, 0.2) is 23.1 Å². The highest BCUT2D eigenvalue weighted by molar-refractivity contribution is 5.34. The fraction of sp³-hybridized carbons (Fsp3) is 0.375. The van der Waals surface area contributed by atoms with Crippen LogP contribution in [0, 0.1) is 0 Å². The summed E-state index contributed by atoms with van der Waals surface area (Å²) in [7, 11) is 0. The van der Waals surface area contributed by atoms with Crippen molar-refractivity contribution in [3.63, 3.8) is 0 Å². The second kappa shape index (κ2) is 2.33. The van der Waals surface area contributed by atoms with Gasteiger partial charge in [0.15, 0.2) is 0 Å². The van der Waals surface area contributed by atoms with E-state index in [4.69, 9.17) is 5.73 Å². The molecule has 1 fully saturated rings. The Morgan fingerprint density at radius 1 is 1.67 bits per heavy atom. The predicted octanol–water partition coefficient (Wildman–Crippen LogP) is 0.713. The van der Waals surface area contributed by atoms with Crippen LogP contribution in [-0.4, -0.2) is 10.7 Å². The van der Waals surface area contributed by atoms with E-state index in [0.29, 0.717) is 6.42 Å². The molecule has 0 aliphatic heterocycles. The number of hydrogen-bond donors (Lipinski definition) is 1. The van der Waals surface area contributed by atoms with Gasteiger partial charge in [0.2, 0.25) is 0 Å². The Labute approximate surface area is 68.6 Å². The zero-order valence-corrected chi connectivity index (χ0v) is 6.40. The molecule has 1 heterocycles. The van der Waals surface area contributed by atoms with Crippen molar-refractivity contribution in [2.45, 2.75) is 18.6 Å². The quantitative estimate of drug-likeness (QED) is 0.671. The van der Waals surface area contributed by atoms with E-state index in [1.807, 2.05) is 0 Å². The van der Waals surface area contributed by atoms with Crippen LogP contribution in [0.3, 0.4) is 0 Å². The monoisotopic (exact) mass is 168 g/mol. The molecule has 0 aromatic carbocycles. The minimum Gasteiger partial charge on any atom is -0.394 e. The number of halogens is 1. The Morgan fingerprint density at radius 3 is 2.92 bits per heavy atom. The lowest BCUT2D eigenvalue weighted by Crippen LogP contribution is -2.21. The topological polar surface area (TPSA) is 48.0 Å². The first kappa shape index (κ1) is 7.34. The highest BCUT2D eigenvalue weighted by Gasteiger charge is 2.39. The van der Waals surface area contributed by atoms with Gasteiger partial charge in [-0.1, -0.05) is 0 Å². The third kappa shape index (κ3) is 0.995. The molecule has 1 aromatic rings. The van der Waals surface area contributed by atoms with Gasteiger partial charge in [0.1, 0.15) is 6.17 Å². The van der Waals surface area contributed by atoms with Gasteiger partial charge in [-0.05, 0) is 12.1 Å². The second-order valence-corrected chi connectivity index (χ2v) is 2.99. The molecule has 0 bridgehead atoms. The summed E-state index contributed by atoms with van der Waals surface area (Å²) in [4.78, 5) is 11.3. The molecule has 1 saturated carbocycles. The summed E-state index contributed by atoms with van der Waals surface area (Å²) in [5.74, 6) is 0. The Hall–Kier alpha value is -1.32. The zero-order chi connectivity index (χ0) is 8.72. The maximum absolute atomic E-state index is 12.6. The summed E-state index contributed by atoms with van der Waals surface area (Å²) in [6, 6.07) is 2.90. The lowest BCUT2D eigenvalue weighted by molar-refractivity contribution is 0.438. The van der Waals surface area contributed by atoms with Gasteiger partial charge in [-0.2, -0.15) is 0 Å². The molecule has 1 aromatic heterocycles. The highest BCUT2D eigenvalue weighted by Crippen LogP contribution is 2.37. The summed E-state index contributed by atoms with van der Waals surface area (Å²) in [5, 5.41) is 0. The Morgan fingerprint density at radius 2 is 2.33 bits per heavy atom. The number of nitrogen functional groups attached to an aromatic ring is 1. The van der Waals surface area contributed by atoms with Gasteiger partial charge in [0, 0.05) is 12.6 Å². The first-order valence-electron chi connectivity index (χ1n) is 3.81. The molecule has 3 nitrogen and oxygen atoms in total. The molecule has 2 N–H and O–H groups in total. The van der Waals surface area contributed by atoms with Gasteiger partial charge >= 0.3 is 0 Å². The number of nitrogens with zero attached hydrogens (tertiary/aromatic N) is 1. The van der Waals surface area contributed by atoms with Gasteiger partial charge in [-0.3, -0.25) is 4.79 Å². The molecule has 2 atom stereocenters. The number of nitrogens with two attached hydrogens (primary N) is 1. The highest BCUT2D eigenvalue weighted by atomic mass is 19.1. The van der Waals surface area contributed by atoms with Crippen molar-refractivity contribution in [3.05, 3.63) is 28.7 Å². The molecule has 0 saturated heterocycles. The minimum atomic E-state index is -0.871. The number of alkyl halides is 1. The molecule has 1 aliphatic carbocycles. The van der Waals surface area contributed by atoms with Crippen molar-refractivity contribution in [1.82, 2.24) is 4.57 Å². The van der Waals surface area contributed by atoms with E-state index in [-0.39, 0.29) is 17.3 Å². The van der Waals surface area contributed by atoms with Crippen LogP contribution < -0.4 is 11.3 Å². The fourth-order valence-corrected chi connectivity index (χ4v) is 1.23. The van der Waals surface area contributed by atoms with Gasteiger partial charge in [0.25, 0.3) is 5.56 Å². The smallest absolute Gasteiger partial charge is 0.274 e. The molecule has 4 heteroatoms. The van der Waals surface area contributed by atoms with E-state index in [1.165, 1.54) is 10.6 Å². The number of pyridine rings is 1. The van der Waals surface area contributed by atoms with Crippen LogP contribution >= 0.6 is 0 Å². The van der Waals surface area contributed by atoms with Crippen LogP contribution in [0.1, 0.15) is 12.5 Å². The van der Waals surface area contributed by atoms with Gasteiger partial charge in [-0.15, -0.1) is 0 Å². The van der Waals surface area contributed by atoms with Crippen molar-refractivity contribution in [3.8, 4) is 0 Å². The van der Waals surface area contributed by atoms with E-state index < -0.39 is 6.17 Å². The number of anilines is 1. The minimum absolute atomic E-state index is 0.177. The Kier molecular flexibility index (Phi) is 1.43. The predicted molar refractivity (Wildman–Crippen MR) is 43.7 cm³/mol. The Bertz CT molecular complexity index is 360. The first-order valence-corrected chi connectivity index (χ1v) is 3.81. The summed E-state index contributed by atoms with van der Waals surface area (Å²) < 4.78 is 13.9. The van der Waals surface area contributed by atoms with E-state index in [1.54, 1.807) is 12.3 Å². The summed E-state index contributed by atoms with van der Waals surface area (Å²) in [6.45, 7) is 0. The van der Waals surface area contributed by atoms with Crippen LogP contribution in [-0.2, 0) is 0 Å². The zero-order valence-electron chi connectivity index (χ0n) is 6.40. The maximum atomic E-state index is 12.6. The molecular formula is C8H9FN2O. The van der Waals surface area contributed by atoms with E-state index in [0.717, 1.165) is 0 Å². The molecule has 0 spiro atoms. The standard InChI is InChI=1S/C8H9FN2O/c9-5-4-7(5)11-3-1-2-6(10)8(11)12/h1-3,5,7H,4,10H2/t5-,7?/m1/s1. The van der Waals surface area contributed by atoms with Crippen molar-refractivity contribution in [1.29, 1.82) is 0 Å². The van der Waals surface area contributed by atoms with E-state index in [9.17, 15) is 9.18 Å². The molecule has 12 heavy (non-hydrogen) atoms. The van der Waals surface area contributed by atoms with Gasteiger partial charge in [-0.25, -0.2) is 4.39 Å². The fourth-order valence-electron chi connectivity index (χ4n) is 1.23. The lowest BCUT2D eigenvalue weighted by atomic mass is 10.4. The molecular weight excluding hydrogens is 159 g/mol. The average molecular weight is 168 g/mol. The van der Waals surface area contributed by atoms with Crippen LogP contribution in [0.5, 0.6) is 0 Å². The summed E-state index contributed by atoms with van der Waals surface area (Å²) >= 11 is 0. The average Bonchev–Trinajstić information content (AvgIpc) is 2.73. The number of hydrogen-bond acceptors (Lipinski definition) is 2. The maximum Gasteiger partial charge on any atom is 0.274 e. The SMILES string of the molecule is Nc1cccn(C2C[C@H]2F)c1=O. The summed E-state index contributed by atoms with van der Waals surface area (Å²) in [5.41, 5.74) is 5.26. The van der Waals surface area contributed by atoms with Crippen LogP contribution in [0.2, 0.25) is 0 Å². The Balaban J connectivity index is 2.45. The normalized spacial score (nSPS) is 27.1. The molecule has 1 aliphatic rings. The van der Waals surface area contributed by atoms with Crippen molar-refractivity contribution >= 4 is 5.69 Å². The van der Waals surface area contributed by atoms with Gasteiger partial charge in [0.05, 0.1) is 11.7 Å². The van der Waals surface area contributed by atoms with Crippen LogP contribution in [0.4, 0.5) is 10.1 Å². The van der Waals surface area contributed by atoms with E-state index >= 15 is 0 Å². The van der Waals surface area contributed by atoms with Crippen molar-refractivity contribution < 1.29 is 4.39 Å². The molecule has 0 radical (unpaired) electrons. The summed E-state index contributed by atoms with van der Waals surface area (Å²) in [6.07, 6.45) is 1.14. The first-order chi connectivity index (χ1) is 5.70. The van der Waals surface area contributed by atoms with Crippen molar-refractivity contribution in [2.24, 2.45) is 0 Å². The molecule has 0 amide bonds. The van der Waals surface area contributed by atoms with Crippen LogP contribution in [0.25, 0.3) is 0 Å². The molecule has 64 valence electrons. The lowest BCUT2D eigenvalue weighted by Gasteiger charge is -2.02.